The zero-order valence-electron chi connectivity index (χ0n) is 16.9. The molecule has 30 heavy (non-hydrogen) atoms. The van der Waals surface area contributed by atoms with Crippen molar-refractivity contribution >= 4 is 28.1 Å². The Balaban J connectivity index is 1.80. The highest BCUT2D eigenvalue weighted by atomic mass is 79.9. The van der Waals surface area contributed by atoms with Gasteiger partial charge in [0.15, 0.2) is 0 Å². The number of nitrogens with one attached hydrogen (secondary N) is 2. The molecule has 0 amide bonds. The topological polar surface area (TPSA) is 78.2 Å². The van der Waals surface area contributed by atoms with Crippen LogP contribution in [0.1, 0.15) is 17.5 Å². The van der Waals surface area contributed by atoms with Gasteiger partial charge in [-0.3, -0.25) is 9.59 Å². The molecule has 3 rings (SSSR count). The van der Waals surface area contributed by atoms with Crippen molar-refractivity contribution in [1.29, 1.82) is 0 Å². The van der Waals surface area contributed by atoms with E-state index in [2.05, 4.69) is 30.8 Å². The molecule has 1 aromatic heterocycles. The van der Waals surface area contributed by atoms with Gasteiger partial charge in [0.1, 0.15) is 16.4 Å². The van der Waals surface area contributed by atoms with Crippen molar-refractivity contribution in [3.63, 3.8) is 0 Å². The molecule has 0 radical (unpaired) electrons. The Morgan fingerprint density at radius 2 is 1.57 bits per heavy atom. The van der Waals surface area contributed by atoms with Crippen LogP contribution >= 0.6 is 15.9 Å². The maximum absolute atomic E-state index is 12.4. The first-order valence-corrected chi connectivity index (χ1v) is 10.4. The Kier molecular flexibility index (Phi) is 7.43. The van der Waals surface area contributed by atoms with Crippen molar-refractivity contribution in [3.05, 3.63) is 95.5 Å². The average molecular weight is 470 g/mol. The number of benzene rings is 2. The molecule has 1 heterocycles. The Bertz CT molecular complexity index is 1230. The molecular weight excluding hydrogens is 446 g/mol. The number of hydrogen-bond donors (Lipinski definition) is 2. The summed E-state index contributed by atoms with van der Waals surface area (Å²) in [6.45, 7) is 1.61. The van der Waals surface area contributed by atoms with Gasteiger partial charge in [-0.15, -0.1) is 0 Å². The molecule has 3 aromatic rings. The fourth-order valence-electron chi connectivity index (χ4n) is 2.86. The summed E-state index contributed by atoms with van der Waals surface area (Å²) in [5.74, 6) is 0.771. The lowest BCUT2D eigenvalue weighted by Crippen LogP contribution is -2.46. The summed E-state index contributed by atoms with van der Waals surface area (Å²) in [6.07, 6.45) is 4.22. The number of ether oxygens (including phenoxy) is 1. The maximum Gasteiger partial charge on any atom is 0.272 e. The van der Waals surface area contributed by atoms with Crippen LogP contribution in [-0.2, 0) is 0 Å². The molecule has 0 aliphatic rings. The van der Waals surface area contributed by atoms with Crippen molar-refractivity contribution in [2.24, 2.45) is 0 Å². The first kappa shape index (κ1) is 21.8. The second kappa shape index (κ2) is 10.2. The van der Waals surface area contributed by atoms with E-state index in [0.29, 0.717) is 6.61 Å². The van der Waals surface area contributed by atoms with E-state index in [1.165, 1.54) is 0 Å². The van der Waals surface area contributed by atoms with E-state index < -0.39 is 0 Å². The van der Waals surface area contributed by atoms with Crippen LogP contribution in [0.2, 0.25) is 0 Å². The SMILES string of the molecule is CN(C)CCCOc1ccc(C=c2[nH]c(=O)c(=Cc3cccc(Br)c3)[nH]c2=O)cc1. The van der Waals surface area contributed by atoms with Crippen LogP contribution < -0.4 is 26.6 Å². The monoisotopic (exact) mass is 469 g/mol. The van der Waals surface area contributed by atoms with Crippen LogP contribution in [0.4, 0.5) is 0 Å². The molecule has 2 aromatic carbocycles. The molecule has 2 N–H and O–H groups in total. The van der Waals surface area contributed by atoms with E-state index in [1.807, 2.05) is 62.6 Å². The first-order chi connectivity index (χ1) is 14.4. The van der Waals surface area contributed by atoms with Crippen LogP contribution in [0.25, 0.3) is 12.2 Å². The molecule has 0 unspecified atom stereocenters. The molecule has 6 nitrogen and oxygen atoms in total. The molecule has 156 valence electrons. The van der Waals surface area contributed by atoms with Crippen molar-refractivity contribution in [2.45, 2.75) is 6.42 Å². The minimum Gasteiger partial charge on any atom is -0.494 e. The van der Waals surface area contributed by atoms with Gasteiger partial charge in [0.25, 0.3) is 11.1 Å². The van der Waals surface area contributed by atoms with E-state index in [9.17, 15) is 9.59 Å². The number of rotatable bonds is 7. The number of halogens is 1. The molecule has 0 spiro atoms. The van der Waals surface area contributed by atoms with E-state index in [4.69, 9.17) is 4.74 Å². The minimum atomic E-state index is -0.361. The summed E-state index contributed by atoms with van der Waals surface area (Å²) < 4.78 is 6.61. The van der Waals surface area contributed by atoms with Gasteiger partial charge in [0.2, 0.25) is 0 Å². The summed E-state index contributed by atoms with van der Waals surface area (Å²) in [6, 6.07) is 14.9. The van der Waals surface area contributed by atoms with Gasteiger partial charge in [-0.05, 0) is 68.1 Å². The molecule has 0 atom stereocenters. The van der Waals surface area contributed by atoms with Crippen LogP contribution in [0.15, 0.2) is 62.6 Å². The maximum atomic E-state index is 12.4. The van der Waals surface area contributed by atoms with E-state index in [0.717, 1.165) is 34.3 Å². The lowest BCUT2D eigenvalue weighted by molar-refractivity contribution is 0.281. The Hall–Kier alpha value is -2.90. The fourth-order valence-corrected chi connectivity index (χ4v) is 3.27. The molecule has 0 aliphatic carbocycles. The number of aromatic amines is 2. The van der Waals surface area contributed by atoms with E-state index in [1.54, 1.807) is 12.2 Å². The van der Waals surface area contributed by atoms with Gasteiger partial charge in [0, 0.05) is 11.0 Å². The third-order valence-corrected chi connectivity index (χ3v) is 4.85. The summed E-state index contributed by atoms with van der Waals surface area (Å²) >= 11 is 3.39. The highest BCUT2D eigenvalue weighted by molar-refractivity contribution is 9.10. The molecule has 0 bridgehead atoms. The normalized spacial score (nSPS) is 12.5. The van der Waals surface area contributed by atoms with Crippen LogP contribution in [0.5, 0.6) is 5.75 Å². The fraction of sp³-hybridized carbons (Fsp3) is 0.217. The summed E-state index contributed by atoms with van der Waals surface area (Å²) in [4.78, 5) is 32.3. The number of H-pyrrole nitrogens is 2. The first-order valence-electron chi connectivity index (χ1n) is 9.60. The Morgan fingerprint density at radius 3 is 2.17 bits per heavy atom. The molecule has 0 fully saturated rings. The Morgan fingerprint density at radius 1 is 0.933 bits per heavy atom. The van der Waals surface area contributed by atoms with Gasteiger partial charge in [0.05, 0.1) is 6.61 Å². The van der Waals surface area contributed by atoms with E-state index >= 15 is 0 Å². The average Bonchev–Trinajstić information content (AvgIpc) is 2.70. The standard InChI is InChI=1S/C23H24BrN3O3/c1-27(2)11-4-12-30-19-9-7-16(8-10-19)14-20-22(28)26-21(23(29)25-20)15-17-5-3-6-18(24)13-17/h3,5-10,13-15H,4,11-12H2,1-2H3,(H,25,29)(H,26,28). The highest BCUT2D eigenvalue weighted by Gasteiger charge is 1.99. The van der Waals surface area contributed by atoms with Crippen LogP contribution in [0, 0.1) is 0 Å². The molecule has 0 saturated carbocycles. The smallest absolute Gasteiger partial charge is 0.272 e. The molecule has 0 aliphatic heterocycles. The van der Waals surface area contributed by atoms with Crippen molar-refractivity contribution in [2.75, 3.05) is 27.2 Å². The predicted molar refractivity (Wildman–Crippen MR) is 123 cm³/mol. The number of nitrogens with zero attached hydrogens (tertiary/aromatic N) is 1. The van der Waals surface area contributed by atoms with E-state index in [-0.39, 0.29) is 21.8 Å². The molecule has 7 heteroatoms. The van der Waals surface area contributed by atoms with Gasteiger partial charge in [-0.2, -0.15) is 0 Å². The van der Waals surface area contributed by atoms with Gasteiger partial charge in [-0.1, -0.05) is 40.2 Å². The summed E-state index contributed by atoms with van der Waals surface area (Å²) in [7, 11) is 4.06. The van der Waals surface area contributed by atoms with Gasteiger partial charge < -0.3 is 19.6 Å². The summed E-state index contributed by atoms with van der Waals surface area (Å²) in [5.41, 5.74) is 0.880. The van der Waals surface area contributed by atoms with Gasteiger partial charge in [-0.25, -0.2) is 0 Å². The third-order valence-electron chi connectivity index (χ3n) is 4.35. The van der Waals surface area contributed by atoms with Crippen molar-refractivity contribution < 1.29 is 4.74 Å². The lowest BCUT2D eigenvalue weighted by Gasteiger charge is -2.10. The zero-order valence-corrected chi connectivity index (χ0v) is 18.5. The number of hydrogen-bond acceptors (Lipinski definition) is 4. The highest BCUT2D eigenvalue weighted by Crippen LogP contribution is 2.13. The lowest BCUT2D eigenvalue weighted by atomic mass is 10.2. The van der Waals surface area contributed by atoms with Crippen LogP contribution in [0.3, 0.4) is 0 Å². The van der Waals surface area contributed by atoms with Gasteiger partial charge >= 0.3 is 0 Å². The predicted octanol–water partition coefficient (Wildman–Crippen LogP) is 1.81. The quantitative estimate of drug-likeness (QED) is 0.517. The number of aromatic nitrogens is 2. The van der Waals surface area contributed by atoms with Crippen molar-refractivity contribution in [1.82, 2.24) is 14.9 Å². The van der Waals surface area contributed by atoms with Crippen molar-refractivity contribution in [3.8, 4) is 5.75 Å². The zero-order chi connectivity index (χ0) is 21.5. The summed E-state index contributed by atoms with van der Waals surface area (Å²) in [5, 5.41) is 0.405. The second-order valence-corrected chi connectivity index (χ2v) is 8.07. The Labute approximate surface area is 182 Å². The largest absolute Gasteiger partial charge is 0.494 e. The minimum absolute atomic E-state index is 0.200. The molecule has 0 saturated heterocycles. The van der Waals surface area contributed by atoms with Crippen LogP contribution in [-0.4, -0.2) is 42.1 Å². The third kappa shape index (κ3) is 6.30. The second-order valence-electron chi connectivity index (χ2n) is 7.15. The molecular formula is C23H24BrN3O3.